The van der Waals surface area contributed by atoms with Gasteiger partial charge in [0.25, 0.3) is 0 Å². The normalized spacial score (nSPS) is 12.0. The highest BCUT2D eigenvalue weighted by Crippen LogP contribution is 2.19. The zero-order valence-corrected chi connectivity index (χ0v) is 59.7. The molecule has 0 radical (unpaired) electrons. The minimum absolute atomic E-state index is 0.174. The van der Waals surface area contributed by atoms with Gasteiger partial charge in [-0.1, -0.05) is 387 Å². The van der Waals surface area contributed by atoms with E-state index in [1.807, 2.05) is 0 Å². The van der Waals surface area contributed by atoms with Gasteiger partial charge in [-0.05, 0) is 38.5 Å². The fourth-order valence-electron chi connectivity index (χ4n) is 11.8. The summed E-state index contributed by atoms with van der Waals surface area (Å²) in [6.45, 7) is 10.9. The number of ether oxygens (including phenoxy) is 4. The summed E-state index contributed by atoms with van der Waals surface area (Å²) in [6, 6.07) is -1.49. The monoisotopic (exact) mass is 1250 g/mol. The number of rotatable bonds is 72. The van der Waals surface area contributed by atoms with Crippen LogP contribution in [-0.2, 0) is 38.1 Å². The Bertz CT molecular complexity index is 1400. The molecule has 88 heavy (non-hydrogen) atoms. The molecule has 524 valence electrons. The lowest BCUT2D eigenvalue weighted by Gasteiger charge is -2.11. The van der Waals surface area contributed by atoms with Crippen LogP contribution in [0.2, 0.25) is 0 Å². The minimum Gasteiger partial charge on any atom is -0.466 e. The molecule has 4 N–H and O–H groups in total. The molecule has 0 saturated carbocycles. The zero-order valence-electron chi connectivity index (χ0n) is 59.7. The zero-order chi connectivity index (χ0) is 64.4. The first-order valence-electron chi connectivity index (χ1n) is 39.4. The molecular formula is C78H154N2O8. The van der Waals surface area contributed by atoms with Crippen molar-refractivity contribution >= 4 is 23.9 Å². The molecule has 0 aromatic rings. The molecule has 0 spiro atoms. The Morgan fingerprint density at radius 1 is 0.216 bits per heavy atom. The van der Waals surface area contributed by atoms with Crippen molar-refractivity contribution in [3.8, 4) is 0 Å². The van der Waals surface area contributed by atoms with E-state index >= 15 is 0 Å². The van der Waals surface area contributed by atoms with Gasteiger partial charge in [0.15, 0.2) is 0 Å². The maximum atomic E-state index is 12.1. The van der Waals surface area contributed by atoms with Crippen LogP contribution in [0, 0.1) is 0 Å². The average Bonchev–Trinajstić information content (AvgIpc) is 3.54. The SMILES string of the molecule is CCCCCCCCCCCCCCCCCCOC(=O)CCC(N)C(=O)OCCCCCCCCCCCCCCCCCC.CCCCCCCCCCCCCCCCOC(=O)CCC(N)C(=O)OCCCCCCCCCCCCCCCC. The number of esters is 4. The Balaban J connectivity index is 0. The van der Waals surface area contributed by atoms with Gasteiger partial charge in [-0.15, -0.1) is 0 Å². The standard InChI is InChI=1S/C41H81NO4.C37H73NO4/c1-3-5-7-9-11-13-15-17-19-21-23-25-27-29-31-33-37-45-40(43)36-35-39(42)41(44)46-38-34-32-30-28-26-24-22-20-18-16-14-12-10-8-6-4-2;1-3-5-7-9-11-13-15-17-19-21-23-25-27-29-33-41-36(39)32-31-35(38)37(40)42-34-30-28-26-24-22-20-18-16-14-12-10-8-6-4-2/h39H,3-38,42H2,1-2H3;35H,3-34,38H2,1-2H3. The van der Waals surface area contributed by atoms with Gasteiger partial charge < -0.3 is 30.4 Å². The Morgan fingerprint density at radius 3 is 0.511 bits per heavy atom. The Kier molecular flexibility index (Phi) is 77.1. The summed E-state index contributed by atoms with van der Waals surface area (Å²) in [5.41, 5.74) is 11.9. The molecule has 2 atom stereocenters. The van der Waals surface area contributed by atoms with Crippen LogP contribution in [0.3, 0.4) is 0 Å². The second-order valence-corrected chi connectivity index (χ2v) is 26.9. The molecule has 0 aromatic carbocycles. The van der Waals surface area contributed by atoms with Crippen molar-refractivity contribution in [3.63, 3.8) is 0 Å². The summed E-state index contributed by atoms with van der Waals surface area (Å²) in [5, 5.41) is 0. The van der Waals surface area contributed by atoms with Gasteiger partial charge in [0.1, 0.15) is 12.1 Å². The molecule has 0 fully saturated rings. The molecule has 0 rings (SSSR count). The maximum Gasteiger partial charge on any atom is 0.322 e. The fraction of sp³-hybridized carbons (Fsp3) is 0.949. The summed E-state index contributed by atoms with van der Waals surface area (Å²) < 4.78 is 21.3. The minimum atomic E-state index is -0.746. The van der Waals surface area contributed by atoms with Crippen LogP contribution < -0.4 is 11.5 Å². The highest BCUT2D eigenvalue weighted by Gasteiger charge is 2.18. The van der Waals surface area contributed by atoms with E-state index in [4.69, 9.17) is 30.4 Å². The number of nitrogens with two attached hydrogens (primary N) is 2. The predicted molar refractivity (Wildman–Crippen MR) is 378 cm³/mol. The van der Waals surface area contributed by atoms with Crippen LogP contribution >= 0.6 is 0 Å². The lowest BCUT2D eigenvalue weighted by atomic mass is 10.0. The van der Waals surface area contributed by atoms with E-state index in [9.17, 15) is 19.2 Å². The van der Waals surface area contributed by atoms with Crippen molar-refractivity contribution in [1.29, 1.82) is 0 Å². The maximum absolute atomic E-state index is 12.1. The van der Waals surface area contributed by atoms with Gasteiger partial charge in [0, 0.05) is 12.8 Å². The molecule has 0 bridgehead atoms. The van der Waals surface area contributed by atoms with Crippen LogP contribution in [0.25, 0.3) is 0 Å². The van der Waals surface area contributed by atoms with E-state index in [0.717, 1.165) is 51.4 Å². The molecule has 0 aliphatic heterocycles. The quantitative estimate of drug-likeness (QED) is 0.0341. The number of hydrogen-bond donors (Lipinski definition) is 2. The van der Waals surface area contributed by atoms with Crippen molar-refractivity contribution in [2.45, 2.75) is 451 Å². The second kappa shape index (κ2) is 77.2. The molecule has 0 aromatic heterocycles. The lowest BCUT2D eigenvalue weighted by molar-refractivity contribution is -0.148. The highest BCUT2D eigenvalue weighted by atomic mass is 16.5. The fourth-order valence-corrected chi connectivity index (χ4v) is 11.8. The van der Waals surface area contributed by atoms with Gasteiger partial charge in [-0.25, -0.2) is 0 Å². The van der Waals surface area contributed by atoms with Crippen molar-refractivity contribution < 1.29 is 38.1 Å². The third kappa shape index (κ3) is 74.5. The molecule has 0 aliphatic rings. The number of carbonyl (C=O) groups excluding carboxylic acids is 4. The van der Waals surface area contributed by atoms with Crippen LogP contribution in [-0.4, -0.2) is 62.4 Å². The van der Waals surface area contributed by atoms with Crippen molar-refractivity contribution in [2.75, 3.05) is 26.4 Å². The van der Waals surface area contributed by atoms with E-state index in [1.54, 1.807) is 0 Å². The molecule has 2 unspecified atom stereocenters. The molecule has 0 heterocycles. The third-order valence-electron chi connectivity index (χ3n) is 17.9. The van der Waals surface area contributed by atoms with Crippen LogP contribution in [0.1, 0.15) is 439 Å². The largest absolute Gasteiger partial charge is 0.466 e. The Morgan fingerprint density at radius 2 is 0.352 bits per heavy atom. The van der Waals surface area contributed by atoms with Gasteiger partial charge in [-0.2, -0.15) is 0 Å². The summed E-state index contributed by atoms with van der Waals surface area (Å²) in [6.07, 6.45) is 79.8. The summed E-state index contributed by atoms with van der Waals surface area (Å²) in [4.78, 5) is 48.2. The number of carbonyl (C=O) groups is 4. The second-order valence-electron chi connectivity index (χ2n) is 26.9. The summed E-state index contributed by atoms with van der Waals surface area (Å²) >= 11 is 0. The third-order valence-corrected chi connectivity index (χ3v) is 17.9. The molecule has 0 amide bonds. The van der Waals surface area contributed by atoms with Gasteiger partial charge in [0.2, 0.25) is 0 Å². The van der Waals surface area contributed by atoms with E-state index < -0.39 is 24.0 Å². The summed E-state index contributed by atoms with van der Waals surface area (Å²) in [5.74, 6) is -1.32. The predicted octanol–water partition coefficient (Wildman–Crippen LogP) is 23.8. The lowest BCUT2D eigenvalue weighted by Crippen LogP contribution is -2.33. The molecule has 0 saturated heterocycles. The highest BCUT2D eigenvalue weighted by molar-refractivity contribution is 5.77. The molecule has 10 nitrogen and oxygen atoms in total. The van der Waals surface area contributed by atoms with Gasteiger partial charge in [-0.3, -0.25) is 19.2 Å². The van der Waals surface area contributed by atoms with Crippen LogP contribution in [0.4, 0.5) is 0 Å². The van der Waals surface area contributed by atoms with Crippen LogP contribution in [0.5, 0.6) is 0 Å². The van der Waals surface area contributed by atoms with Crippen LogP contribution in [0.15, 0.2) is 0 Å². The van der Waals surface area contributed by atoms with Crippen molar-refractivity contribution in [1.82, 2.24) is 0 Å². The smallest absolute Gasteiger partial charge is 0.322 e. The molecule has 10 heteroatoms. The Hall–Kier alpha value is -2.20. The Labute approximate surface area is 548 Å². The first kappa shape index (κ1) is 87.9. The van der Waals surface area contributed by atoms with Gasteiger partial charge in [0.05, 0.1) is 26.4 Å². The van der Waals surface area contributed by atoms with Crippen molar-refractivity contribution in [2.24, 2.45) is 11.5 Å². The van der Waals surface area contributed by atoms with Gasteiger partial charge >= 0.3 is 23.9 Å². The topological polar surface area (TPSA) is 157 Å². The number of unbranched alkanes of at least 4 members (excludes halogenated alkanes) is 56. The van der Waals surface area contributed by atoms with E-state index in [1.165, 1.54) is 334 Å². The first-order valence-corrected chi connectivity index (χ1v) is 39.4. The summed E-state index contributed by atoms with van der Waals surface area (Å²) in [7, 11) is 0. The van der Waals surface area contributed by atoms with E-state index in [-0.39, 0.29) is 37.6 Å². The van der Waals surface area contributed by atoms with Crippen molar-refractivity contribution in [3.05, 3.63) is 0 Å². The average molecular weight is 1250 g/mol. The molecular weight excluding hydrogens is 1090 g/mol. The van der Waals surface area contributed by atoms with E-state index in [2.05, 4.69) is 27.7 Å². The first-order chi connectivity index (χ1) is 43.2. The number of hydrogen-bond acceptors (Lipinski definition) is 10. The molecule has 0 aliphatic carbocycles. The van der Waals surface area contributed by atoms with E-state index in [0.29, 0.717) is 26.4 Å².